The third-order valence-corrected chi connectivity index (χ3v) is 1.97. The van der Waals surface area contributed by atoms with E-state index >= 15 is 0 Å². The minimum atomic E-state index is -0.115. The van der Waals surface area contributed by atoms with Crippen molar-refractivity contribution in [2.45, 2.75) is 25.1 Å². The number of rotatable bonds is 6. The van der Waals surface area contributed by atoms with Crippen molar-refractivity contribution in [2.24, 2.45) is 0 Å². The molecule has 4 heteroatoms. The number of methoxy groups -OCH3 is 1. The molecule has 3 nitrogen and oxygen atoms in total. The largest absolute Gasteiger partial charge is 0.383 e. The highest BCUT2D eigenvalue weighted by molar-refractivity contribution is 6.21. The highest BCUT2D eigenvalue weighted by Crippen LogP contribution is 2.01. The van der Waals surface area contributed by atoms with E-state index in [9.17, 15) is 4.79 Å². The molecule has 0 rings (SSSR count). The maximum Gasteiger partial charge on any atom is 0.222 e. The number of carbonyl (C=O) groups is 1. The Kier molecular flexibility index (Phi) is 7.00. The van der Waals surface area contributed by atoms with Gasteiger partial charge in [-0.05, 0) is 6.42 Å². The third-order valence-electron chi connectivity index (χ3n) is 1.71. The topological polar surface area (TPSA) is 29.5 Å². The predicted octanol–water partition coefficient (Wildman–Crippen LogP) is 1.50. The fourth-order valence-electron chi connectivity index (χ4n) is 1.04. The molecule has 0 saturated carbocycles. The number of halogens is 1. The lowest BCUT2D eigenvalue weighted by molar-refractivity contribution is -0.130. The maximum atomic E-state index is 11.3. The van der Waals surface area contributed by atoms with Crippen LogP contribution in [0.25, 0.3) is 0 Å². The Bertz CT molecular complexity index is 153. The summed E-state index contributed by atoms with van der Waals surface area (Å²) in [7, 11) is 3.37. The number of hydrogen-bond acceptors (Lipinski definition) is 2. The fraction of sp³-hybridized carbons (Fsp3) is 0.889. The summed E-state index contributed by atoms with van der Waals surface area (Å²) in [5.74, 6) is 0.143. The van der Waals surface area contributed by atoms with Gasteiger partial charge in [0.1, 0.15) is 0 Å². The van der Waals surface area contributed by atoms with Gasteiger partial charge in [0, 0.05) is 27.1 Å². The maximum absolute atomic E-state index is 11.3. The van der Waals surface area contributed by atoms with Crippen LogP contribution in [0.2, 0.25) is 0 Å². The average Bonchev–Trinajstić information content (AvgIpc) is 2.05. The molecule has 0 aliphatic carbocycles. The summed E-state index contributed by atoms with van der Waals surface area (Å²) >= 11 is 5.90. The first kappa shape index (κ1) is 12.7. The number of nitrogens with zero attached hydrogens (tertiary/aromatic N) is 1. The van der Waals surface area contributed by atoms with Gasteiger partial charge in [-0.2, -0.15) is 0 Å². The molecule has 0 saturated heterocycles. The smallest absolute Gasteiger partial charge is 0.222 e. The summed E-state index contributed by atoms with van der Waals surface area (Å²) in [6, 6.07) is 0. The fourth-order valence-corrected chi connectivity index (χ4v) is 1.37. The van der Waals surface area contributed by atoms with Crippen LogP contribution in [0.15, 0.2) is 0 Å². The van der Waals surface area contributed by atoms with E-state index in [0.29, 0.717) is 19.6 Å². The van der Waals surface area contributed by atoms with E-state index in [-0.39, 0.29) is 11.3 Å². The zero-order valence-electron chi connectivity index (χ0n) is 8.55. The van der Waals surface area contributed by atoms with Gasteiger partial charge in [0.25, 0.3) is 0 Å². The van der Waals surface area contributed by atoms with E-state index in [0.717, 1.165) is 6.42 Å². The van der Waals surface area contributed by atoms with Gasteiger partial charge in [-0.1, -0.05) is 6.92 Å². The van der Waals surface area contributed by atoms with Gasteiger partial charge < -0.3 is 9.64 Å². The quantitative estimate of drug-likeness (QED) is 0.618. The van der Waals surface area contributed by atoms with Crippen LogP contribution in [-0.4, -0.2) is 43.5 Å². The van der Waals surface area contributed by atoms with Gasteiger partial charge in [-0.25, -0.2) is 0 Å². The number of ether oxygens (including phenoxy) is 1. The molecule has 0 aromatic heterocycles. The van der Waals surface area contributed by atoms with Crippen molar-refractivity contribution in [3.8, 4) is 0 Å². The van der Waals surface area contributed by atoms with Crippen molar-refractivity contribution >= 4 is 17.5 Å². The van der Waals surface area contributed by atoms with Gasteiger partial charge in [0.15, 0.2) is 0 Å². The average molecular weight is 208 g/mol. The van der Waals surface area contributed by atoms with E-state index in [1.165, 1.54) is 0 Å². The molecule has 0 bridgehead atoms. The van der Waals surface area contributed by atoms with E-state index in [1.54, 1.807) is 19.1 Å². The summed E-state index contributed by atoms with van der Waals surface area (Å²) in [5, 5.41) is -0.115. The lowest BCUT2D eigenvalue weighted by Crippen LogP contribution is -2.33. The first-order valence-corrected chi connectivity index (χ1v) is 4.92. The molecular formula is C9H18ClNO2. The number of alkyl halides is 1. The van der Waals surface area contributed by atoms with Crippen LogP contribution < -0.4 is 0 Å². The summed E-state index contributed by atoms with van der Waals surface area (Å²) in [6.45, 7) is 3.01. The van der Waals surface area contributed by atoms with E-state index in [2.05, 4.69) is 0 Å². The molecule has 0 aromatic carbocycles. The highest BCUT2D eigenvalue weighted by Gasteiger charge is 2.12. The standard InChI is InChI=1S/C9H18ClNO2/c1-4-5-9(12)11(2)6-8(10)7-13-3/h8H,4-7H2,1-3H3. The van der Waals surface area contributed by atoms with Crippen LogP contribution in [0.1, 0.15) is 19.8 Å². The number of carbonyl (C=O) groups excluding carboxylic acids is 1. The molecule has 13 heavy (non-hydrogen) atoms. The molecule has 0 heterocycles. The van der Waals surface area contributed by atoms with Crippen LogP contribution in [0, 0.1) is 0 Å². The highest BCUT2D eigenvalue weighted by atomic mass is 35.5. The second-order valence-electron chi connectivity index (χ2n) is 3.08. The Labute approximate surface area is 85.0 Å². The van der Waals surface area contributed by atoms with Gasteiger partial charge in [0.2, 0.25) is 5.91 Å². The molecule has 1 amide bonds. The predicted molar refractivity (Wildman–Crippen MR) is 54.1 cm³/mol. The van der Waals surface area contributed by atoms with Crippen molar-refractivity contribution in [2.75, 3.05) is 27.3 Å². The Morgan fingerprint density at radius 1 is 1.62 bits per heavy atom. The zero-order valence-corrected chi connectivity index (χ0v) is 9.30. The number of hydrogen-bond donors (Lipinski definition) is 0. The molecule has 0 spiro atoms. The van der Waals surface area contributed by atoms with E-state index in [1.807, 2.05) is 6.92 Å². The molecule has 0 radical (unpaired) electrons. The SMILES string of the molecule is CCCC(=O)N(C)CC(Cl)COC. The van der Waals surface area contributed by atoms with Gasteiger partial charge in [0.05, 0.1) is 12.0 Å². The van der Waals surface area contributed by atoms with Crippen molar-refractivity contribution in [1.29, 1.82) is 0 Å². The van der Waals surface area contributed by atoms with Crippen molar-refractivity contribution < 1.29 is 9.53 Å². The monoisotopic (exact) mass is 207 g/mol. The van der Waals surface area contributed by atoms with Crippen molar-refractivity contribution in [3.05, 3.63) is 0 Å². The first-order chi connectivity index (χ1) is 6.11. The molecule has 0 aliphatic rings. The Balaban J connectivity index is 3.71. The van der Waals surface area contributed by atoms with Crippen molar-refractivity contribution in [1.82, 2.24) is 4.90 Å². The van der Waals surface area contributed by atoms with Crippen molar-refractivity contribution in [3.63, 3.8) is 0 Å². The molecule has 78 valence electrons. The summed E-state index contributed by atoms with van der Waals surface area (Å²) in [4.78, 5) is 13.0. The number of amides is 1. The zero-order chi connectivity index (χ0) is 10.3. The van der Waals surface area contributed by atoms with Gasteiger partial charge in [-0.3, -0.25) is 4.79 Å². The lowest BCUT2D eigenvalue weighted by atomic mass is 10.3. The normalized spacial score (nSPS) is 12.6. The lowest BCUT2D eigenvalue weighted by Gasteiger charge is -2.19. The first-order valence-electron chi connectivity index (χ1n) is 4.48. The van der Waals surface area contributed by atoms with Crippen LogP contribution in [0.5, 0.6) is 0 Å². The Hall–Kier alpha value is -0.280. The molecular weight excluding hydrogens is 190 g/mol. The Morgan fingerprint density at radius 2 is 2.23 bits per heavy atom. The molecule has 0 fully saturated rings. The van der Waals surface area contributed by atoms with Crippen LogP contribution >= 0.6 is 11.6 Å². The summed E-state index contributed by atoms with van der Waals surface area (Å²) in [5.41, 5.74) is 0. The Morgan fingerprint density at radius 3 is 2.69 bits per heavy atom. The van der Waals surface area contributed by atoms with Crippen LogP contribution in [0.4, 0.5) is 0 Å². The second kappa shape index (κ2) is 7.15. The third kappa shape index (κ3) is 5.88. The summed E-state index contributed by atoms with van der Waals surface area (Å²) in [6.07, 6.45) is 1.47. The van der Waals surface area contributed by atoms with Gasteiger partial charge >= 0.3 is 0 Å². The molecule has 0 aromatic rings. The van der Waals surface area contributed by atoms with E-state index < -0.39 is 0 Å². The van der Waals surface area contributed by atoms with E-state index in [4.69, 9.17) is 16.3 Å². The minimum Gasteiger partial charge on any atom is -0.383 e. The molecule has 0 N–H and O–H groups in total. The molecule has 0 aliphatic heterocycles. The van der Waals surface area contributed by atoms with Crippen LogP contribution in [0.3, 0.4) is 0 Å². The van der Waals surface area contributed by atoms with Gasteiger partial charge in [-0.15, -0.1) is 11.6 Å². The summed E-state index contributed by atoms with van der Waals surface area (Å²) < 4.78 is 4.87. The van der Waals surface area contributed by atoms with Crippen LogP contribution in [-0.2, 0) is 9.53 Å². The minimum absolute atomic E-state index is 0.115. The molecule has 1 unspecified atom stereocenters. The molecule has 1 atom stereocenters. The second-order valence-corrected chi connectivity index (χ2v) is 3.69.